The van der Waals surface area contributed by atoms with Crippen LogP contribution >= 0.6 is 0 Å². The van der Waals surface area contributed by atoms with E-state index in [1.54, 1.807) is 0 Å². The first-order valence-electron chi connectivity index (χ1n) is 5.62. The summed E-state index contributed by atoms with van der Waals surface area (Å²) in [6.45, 7) is 8.62. The van der Waals surface area contributed by atoms with Crippen LogP contribution in [-0.4, -0.2) is 35.6 Å². The van der Waals surface area contributed by atoms with Gasteiger partial charge in [-0.25, -0.2) is 0 Å². The van der Waals surface area contributed by atoms with Gasteiger partial charge in [0.25, 0.3) is 0 Å². The lowest BCUT2D eigenvalue weighted by molar-refractivity contribution is 0.164. The zero-order chi connectivity index (χ0) is 10.7. The van der Waals surface area contributed by atoms with Crippen LogP contribution in [0.2, 0.25) is 0 Å². The van der Waals surface area contributed by atoms with Gasteiger partial charge in [-0.15, -0.1) is 0 Å². The second-order valence-electron chi connectivity index (χ2n) is 4.35. The van der Waals surface area contributed by atoms with Crippen molar-refractivity contribution in [2.24, 2.45) is 0 Å². The molecule has 0 aromatic carbocycles. The molecule has 0 aliphatic carbocycles. The Balaban J connectivity index is 1.98. The molecule has 3 heteroatoms. The van der Waals surface area contributed by atoms with Crippen molar-refractivity contribution in [1.82, 2.24) is 15.2 Å². The number of pyridine rings is 1. The molecule has 1 aliphatic rings. The second kappa shape index (κ2) is 4.73. The Morgan fingerprint density at radius 1 is 1.53 bits per heavy atom. The van der Waals surface area contributed by atoms with E-state index in [1.807, 2.05) is 6.20 Å². The molecule has 0 bridgehead atoms. The lowest BCUT2D eigenvalue weighted by atomic mass is 10.2. The monoisotopic (exact) mass is 205 g/mol. The molecule has 1 unspecified atom stereocenters. The van der Waals surface area contributed by atoms with Crippen LogP contribution < -0.4 is 5.32 Å². The fourth-order valence-electron chi connectivity index (χ4n) is 1.92. The largest absolute Gasteiger partial charge is 0.314 e. The van der Waals surface area contributed by atoms with Crippen molar-refractivity contribution in [2.45, 2.75) is 26.4 Å². The molecule has 2 rings (SSSR count). The van der Waals surface area contributed by atoms with Crippen LogP contribution in [0, 0.1) is 6.92 Å². The minimum absolute atomic E-state index is 0.613. The highest BCUT2D eigenvalue weighted by molar-refractivity contribution is 5.12. The molecule has 1 aliphatic heterocycles. The second-order valence-corrected chi connectivity index (χ2v) is 4.35. The van der Waals surface area contributed by atoms with E-state index < -0.39 is 0 Å². The summed E-state index contributed by atoms with van der Waals surface area (Å²) in [6.07, 6.45) is 1.95. The Labute approximate surface area is 91.5 Å². The van der Waals surface area contributed by atoms with Crippen LogP contribution in [-0.2, 0) is 6.54 Å². The Kier molecular flexibility index (Phi) is 3.34. The van der Waals surface area contributed by atoms with E-state index in [4.69, 9.17) is 0 Å². The predicted molar refractivity (Wildman–Crippen MR) is 61.7 cm³/mol. The van der Waals surface area contributed by atoms with Crippen LogP contribution in [0.15, 0.2) is 18.3 Å². The van der Waals surface area contributed by atoms with Crippen LogP contribution in [0.3, 0.4) is 0 Å². The van der Waals surface area contributed by atoms with Crippen molar-refractivity contribution in [1.29, 1.82) is 0 Å². The van der Waals surface area contributed by atoms with Gasteiger partial charge in [0.2, 0.25) is 0 Å². The Hall–Kier alpha value is -0.930. The average Bonchev–Trinajstić information content (AvgIpc) is 2.25. The van der Waals surface area contributed by atoms with Crippen molar-refractivity contribution < 1.29 is 0 Å². The van der Waals surface area contributed by atoms with Gasteiger partial charge in [0.1, 0.15) is 0 Å². The van der Waals surface area contributed by atoms with Crippen molar-refractivity contribution in [2.75, 3.05) is 19.6 Å². The molecule has 1 saturated heterocycles. The van der Waals surface area contributed by atoms with Crippen molar-refractivity contribution >= 4 is 0 Å². The van der Waals surface area contributed by atoms with E-state index in [0.717, 1.165) is 26.2 Å². The molecule has 2 heterocycles. The van der Waals surface area contributed by atoms with Crippen LogP contribution in [0.4, 0.5) is 0 Å². The van der Waals surface area contributed by atoms with Crippen LogP contribution in [0.25, 0.3) is 0 Å². The zero-order valence-corrected chi connectivity index (χ0v) is 9.53. The fraction of sp³-hybridized carbons (Fsp3) is 0.583. The minimum Gasteiger partial charge on any atom is -0.314 e. The summed E-state index contributed by atoms with van der Waals surface area (Å²) in [7, 11) is 0. The molecular formula is C12H19N3. The smallest absolute Gasteiger partial charge is 0.0544 e. The lowest BCUT2D eigenvalue weighted by Gasteiger charge is -2.33. The molecule has 1 aromatic rings. The van der Waals surface area contributed by atoms with Crippen molar-refractivity contribution in [3.8, 4) is 0 Å². The standard InChI is InChI=1S/C12H19N3/c1-10-3-4-12(14-7-10)9-15-6-5-13-8-11(15)2/h3-4,7,11,13H,5-6,8-9H2,1-2H3. The summed E-state index contributed by atoms with van der Waals surface area (Å²) in [5.41, 5.74) is 2.40. The summed E-state index contributed by atoms with van der Waals surface area (Å²) in [5.74, 6) is 0. The highest BCUT2D eigenvalue weighted by atomic mass is 15.2. The van der Waals surface area contributed by atoms with E-state index in [0.29, 0.717) is 6.04 Å². The number of nitrogens with zero attached hydrogens (tertiary/aromatic N) is 2. The molecule has 3 nitrogen and oxygen atoms in total. The number of hydrogen-bond acceptors (Lipinski definition) is 3. The number of aryl methyl sites for hydroxylation is 1. The third kappa shape index (κ3) is 2.76. The molecule has 1 atom stereocenters. The first-order valence-corrected chi connectivity index (χ1v) is 5.62. The third-order valence-electron chi connectivity index (χ3n) is 2.98. The summed E-state index contributed by atoms with van der Waals surface area (Å²) >= 11 is 0. The first kappa shape index (κ1) is 10.6. The number of hydrogen-bond donors (Lipinski definition) is 1. The van der Waals surface area contributed by atoms with E-state index >= 15 is 0 Å². The molecule has 82 valence electrons. The molecule has 0 radical (unpaired) electrons. The highest BCUT2D eigenvalue weighted by Gasteiger charge is 2.17. The maximum Gasteiger partial charge on any atom is 0.0544 e. The van der Waals surface area contributed by atoms with Gasteiger partial charge in [-0.3, -0.25) is 9.88 Å². The summed E-state index contributed by atoms with van der Waals surface area (Å²) < 4.78 is 0. The van der Waals surface area contributed by atoms with Crippen LogP contribution in [0.5, 0.6) is 0 Å². The van der Waals surface area contributed by atoms with E-state index in [9.17, 15) is 0 Å². The van der Waals surface area contributed by atoms with Gasteiger partial charge in [0.15, 0.2) is 0 Å². The van der Waals surface area contributed by atoms with Gasteiger partial charge >= 0.3 is 0 Å². The van der Waals surface area contributed by atoms with E-state index in [2.05, 4.69) is 41.2 Å². The third-order valence-corrected chi connectivity index (χ3v) is 2.98. The van der Waals surface area contributed by atoms with Crippen LogP contribution in [0.1, 0.15) is 18.2 Å². The minimum atomic E-state index is 0.613. The van der Waals surface area contributed by atoms with Gasteiger partial charge in [-0.1, -0.05) is 6.07 Å². The van der Waals surface area contributed by atoms with Gasteiger partial charge in [0, 0.05) is 38.4 Å². The van der Waals surface area contributed by atoms with Crippen molar-refractivity contribution in [3.63, 3.8) is 0 Å². The highest BCUT2D eigenvalue weighted by Crippen LogP contribution is 2.08. The van der Waals surface area contributed by atoms with Crippen molar-refractivity contribution in [3.05, 3.63) is 29.6 Å². The van der Waals surface area contributed by atoms with E-state index in [-0.39, 0.29) is 0 Å². The Morgan fingerprint density at radius 3 is 3.07 bits per heavy atom. The normalized spacial score (nSPS) is 22.9. The lowest BCUT2D eigenvalue weighted by Crippen LogP contribution is -2.49. The molecular weight excluding hydrogens is 186 g/mol. The number of aromatic nitrogens is 1. The van der Waals surface area contributed by atoms with Gasteiger partial charge in [-0.2, -0.15) is 0 Å². The fourth-order valence-corrected chi connectivity index (χ4v) is 1.92. The molecule has 1 fully saturated rings. The predicted octanol–water partition coefficient (Wildman–Crippen LogP) is 1.18. The molecule has 15 heavy (non-hydrogen) atoms. The van der Waals surface area contributed by atoms with E-state index in [1.165, 1.54) is 11.3 Å². The maximum atomic E-state index is 4.44. The summed E-state index contributed by atoms with van der Waals surface area (Å²) in [6, 6.07) is 4.88. The molecule has 0 amide bonds. The van der Waals surface area contributed by atoms with Gasteiger partial charge in [-0.05, 0) is 25.5 Å². The molecule has 0 spiro atoms. The Bertz CT molecular complexity index is 307. The number of piperazine rings is 1. The quantitative estimate of drug-likeness (QED) is 0.786. The number of rotatable bonds is 2. The summed E-state index contributed by atoms with van der Waals surface area (Å²) in [5, 5.41) is 3.40. The van der Waals surface area contributed by atoms with Gasteiger partial charge in [0.05, 0.1) is 5.69 Å². The maximum absolute atomic E-state index is 4.44. The average molecular weight is 205 g/mol. The zero-order valence-electron chi connectivity index (χ0n) is 9.53. The number of nitrogens with one attached hydrogen (secondary N) is 1. The summed E-state index contributed by atoms with van der Waals surface area (Å²) in [4.78, 5) is 6.93. The van der Waals surface area contributed by atoms with Gasteiger partial charge < -0.3 is 5.32 Å². The Morgan fingerprint density at radius 2 is 2.40 bits per heavy atom. The molecule has 1 N–H and O–H groups in total. The SMILES string of the molecule is Cc1ccc(CN2CCNCC2C)nc1. The molecule has 0 saturated carbocycles. The topological polar surface area (TPSA) is 28.2 Å². The first-order chi connectivity index (χ1) is 7.25. The molecule has 1 aromatic heterocycles.